The van der Waals surface area contributed by atoms with Crippen LogP contribution in [0.2, 0.25) is 5.02 Å². The zero-order chi connectivity index (χ0) is 10.8. The quantitative estimate of drug-likeness (QED) is 0.801. The summed E-state index contributed by atoms with van der Waals surface area (Å²) in [5.74, 6) is -0.205. The summed E-state index contributed by atoms with van der Waals surface area (Å²) in [5, 5.41) is 9.10. The number of aromatic carboxylic acids is 1. The molecule has 4 nitrogen and oxygen atoms in total. The molecule has 1 N–H and O–H groups in total. The molecule has 0 unspecified atom stereocenters. The van der Waals surface area contributed by atoms with Gasteiger partial charge in [0.05, 0.1) is 23.8 Å². The summed E-state index contributed by atoms with van der Waals surface area (Å²) in [6.07, 6.45) is 0.757. The fraction of sp³-hybridized carbons (Fsp3) is 0.300. The van der Waals surface area contributed by atoms with Gasteiger partial charge in [0, 0.05) is 6.42 Å². The van der Waals surface area contributed by atoms with Gasteiger partial charge in [-0.25, -0.2) is 4.79 Å². The van der Waals surface area contributed by atoms with Crippen LogP contribution in [0.15, 0.2) is 12.1 Å². The van der Waals surface area contributed by atoms with Crippen LogP contribution < -0.4 is 9.47 Å². The van der Waals surface area contributed by atoms with Crippen molar-refractivity contribution in [2.24, 2.45) is 0 Å². The smallest absolute Gasteiger partial charge is 0.335 e. The number of fused-ring (bicyclic) bond motifs is 1. The highest BCUT2D eigenvalue weighted by atomic mass is 35.5. The lowest BCUT2D eigenvalue weighted by molar-refractivity contribution is 0.0696. The number of ether oxygens (including phenoxy) is 2. The number of hydrogen-bond donors (Lipinski definition) is 1. The van der Waals surface area contributed by atoms with E-state index < -0.39 is 5.97 Å². The number of benzene rings is 1. The molecular formula is C10H9ClO4. The van der Waals surface area contributed by atoms with Crippen molar-refractivity contribution in [2.75, 3.05) is 13.2 Å². The van der Waals surface area contributed by atoms with Crippen LogP contribution in [-0.2, 0) is 0 Å². The maximum absolute atomic E-state index is 10.8. The summed E-state index contributed by atoms with van der Waals surface area (Å²) in [4.78, 5) is 10.8. The molecule has 80 valence electrons. The first kappa shape index (κ1) is 10.1. The average Bonchev–Trinajstić information content (AvgIpc) is 2.42. The summed E-state index contributed by atoms with van der Waals surface area (Å²) in [5.41, 5.74) is 0.101. The highest BCUT2D eigenvalue weighted by Crippen LogP contribution is 2.37. The highest BCUT2D eigenvalue weighted by molar-refractivity contribution is 6.32. The molecule has 1 aromatic rings. The lowest BCUT2D eigenvalue weighted by Crippen LogP contribution is -1.99. The maximum Gasteiger partial charge on any atom is 0.335 e. The van der Waals surface area contributed by atoms with Gasteiger partial charge >= 0.3 is 5.97 Å². The van der Waals surface area contributed by atoms with E-state index in [9.17, 15) is 4.79 Å². The van der Waals surface area contributed by atoms with E-state index in [-0.39, 0.29) is 10.6 Å². The Morgan fingerprint density at radius 2 is 2.07 bits per heavy atom. The first-order valence-corrected chi connectivity index (χ1v) is 4.88. The SMILES string of the molecule is O=C(O)c1cc(Cl)c2c(c1)OCCCO2. The Morgan fingerprint density at radius 1 is 1.33 bits per heavy atom. The van der Waals surface area contributed by atoms with Gasteiger partial charge < -0.3 is 14.6 Å². The van der Waals surface area contributed by atoms with E-state index in [1.807, 2.05) is 0 Å². The van der Waals surface area contributed by atoms with Crippen molar-refractivity contribution in [1.82, 2.24) is 0 Å². The number of carboxylic acid groups (broad SMARTS) is 1. The Balaban J connectivity index is 2.48. The molecule has 0 saturated heterocycles. The standard InChI is InChI=1S/C10H9ClO4/c11-7-4-6(10(12)13)5-8-9(7)15-3-1-2-14-8/h4-5H,1-3H2,(H,12,13). The van der Waals surface area contributed by atoms with Crippen molar-refractivity contribution in [3.8, 4) is 11.5 Å². The van der Waals surface area contributed by atoms with E-state index in [1.165, 1.54) is 12.1 Å². The molecule has 5 heteroatoms. The molecule has 0 fully saturated rings. The minimum Gasteiger partial charge on any atom is -0.489 e. The monoisotopic (exact) mass is 228 g/mol. The van der Waals surface area contributed by atoms with Crippen LogP contribution >= 0.6 is 11.6 Å². The van der Waals surface area contributed by atoms with Crippen molar-refractivity contribution < 1.29 is 19.4 Å². The summed E-state index contributed by atoms with van der Waals surface area (Å²) in [6.45, 7) is 1.03. The van der Waals surface area contributed by atoms with Gasteiger partial charge in [-0.3, -0.25) is 0 Å². The third kappa shape index (κ3) is 1.99. The average molecular weight is 229 g/mol. The minimum absolute atomic E-state index is 0.101. The molecule has 0 bridgehead atoms. The molecule has 0 atom stereocenters. The maximum atomic E-state index is 10.8. The van der Waals surface area contributed by atoms with Crippen molar-refractivity contribution in [2.45, 2.75) is 6.42 Å². The molecule has 1 aliphatic rings. The fourth-order valence-corrected chi connectivity index (χ4v) is 1.62. The van der Waals surface area contributed by atoms with Crippen LogP contribution in [-0.4, -0.2) is 24.3 Å². The lowest BCUT2D eigenvalue weighted by Gasteiger charge is -2.09. The van der Waals surface area contributed by atoms with Crippen LogP contribution in [0.4, 0.5) is 0 Å². The zero-order valence-corrected chi connectivity index (χ0v) is 8.58. The van der Waals surface area contributed by atoms with Gasteiger partial charge in [-0.15, -0.1) is 0 Å². The van der Waals surface area contributed by atoms with Gasteiger partial charge in [-0.2, -0.15) is 0 Å². The molecule has 1 aliphatic heterocycles. The minimum atomic E-state index is -1.03. The first-order valence-electron chi connectivity index (χ1n) is 4.51. The lowest BCUT2D eigenvalue weighted by atomic mass is 10.2. The highest BCUT2D eigenvalue weighted by Gasteiger charge is 2.17. The molecule has 0 aliphatic carbocycles. The van der Waals surface area contributed by atoms with Crippen molar-refractivity contribution in [1.29, 1.82) is 0 Å². The molecule has 15 heavy (non-hydrogen) atoms. The Hall–Kier alpha value is -1.42. The Morgan fingerprint density at radius 3 is 2.80 bits per heavy atom. The largest absolute Gasteiger partial charge is 0.489 e. The number of carbonyl (C=O) groups is 1. The van der Waals surface area contributed by atoms with Gasteiger partial charge in [0.1, 0.15) is 0 Å². The normalized spacial score (nSPS) is 14.5. The van der Waals surface area contributed by atoms with Gasteiger partial charge in [0.15, 0.2) is 11.5 Å². The molecule has 0 aromatic heterocycles. The van der Waals surface area contributed by atoms with E-state index in [0.717, 1.165) is 6.42 Å². The predicted octanol–water partition coefficient (Wildman–Crippen LogP) is 2.20. The van der Waals surface area contributed by atoms with Crippen LogP contribution in [0.25, 0.3) is 0 Å². The van der Waals surface area contributed by atoms with Crippen LogP contribution in [0, 0.1) is 0 Å². The number of halogens is 1. The number of hydrogen-bond acceptors (Lipinski definition) is 3. The molecule has 0 radical (unpaired) electrons. The van der Waals surface area contributed by atoms with Crippen LogP contribution in [0.3, 0.4) is 0 Å². The third-order valence-corrected chi connectivity index (χ3v) is 2.33. The number of rotatable bonds is 1. The van der Waals surface area contributed by atoms with Crippen LogP contribution in [0.1, 0.15) is 16.8 Å². The predicted molar refractivity (Wildman–Crippen MR) is 54.0 cm³/mol. The van der Waals surface area contributed by atoms with E-state index in [1.54, 1.807) is 0 Å². The Labute approximate surface area is 91.4 Å². The second-order valence-corrected chi connectivity index (χ2v) is 3.55. The van der Waals surface area contributed by atoms with Crippen molar-refractivity contribution >= 4 is 17.6 Å². The second-order valence-electron chi connectivity index (χ2n) is 3.14. The van der Waals surface area contributed by atoms with Gasteiger partial charge in [-0.05, 0) is 12.1 Å². The molecule has 1 heterocycles. The Bertz CT molecular complexity index is 403. The number of carboxylic acids is 1. The molecule has 1 aromatic carbocycles. The molecule has 0 amide bonds. The van der Waals surface area contributed by atoms with E-state index in [4.69, 9.17) is 26.2 Å². The summed E-state index contributed by atoms with van der Waals surface area (Å²) in [6, 6.07) is 2.78. The second kappa shape index (κ2) is 3.98. The summed E-state index contributed by atoms with van der Waals surface area (Å²) in [7, 11) is 0. The molecule has 0 spiro atoms. The van der Waals surface area contributed by atoms with E-state index >= 15 is 0 Å². The summed E-state index contributed by atoms with van der Waals surface area (Å²) >= 11 is 5.90. The van der Waals surface area contributed by atoms with Crippen molar-refractivity contribution in [3.05, 3.63) is 22.7 Å². The molecular weight excluding hydrogens is 220 g/mol. The van der Waals surface area contributed by atoms with Gasteiger partial charge in [0.25, 0.3) is 0 Å². The summed E-state index contributed by atoms with van der Waals surface area (Å²) < 4.78 is 10.7. The topological polar surface area (TPSA) is 55.8 Å². The fourth-order valence-electron chi connectivity index (χ4n) is 1.35. The van der Waals surface area contributed by atoms with Crippen molar-refractivity contribution in [3.63, 3.8) is 0 Å². The van der Waals surface area contributed by atoms with E-state index in [0.29, 0.717) is 24.7 Å². The van der Waals surface area contributed by atoms with E-state index in [2.05, 4.69) is 0 Å². The zero-order valence-electron chi connectivity index (χ0n) is 7.83. The molecule has 2 rings (SSSR count). The Kier molecular flexibility index (Phi) is 2.68. The van der Waals surface area contributed by atoms with Gasteiger partial charge in [0.2, 0.25) is 0 Å². The molecule has 0 saturated carbocycles. The van der Waals surface area contributed by atoms with Gasteiger partial charge in [-0.1, -0.05) is 11.6 Å². The first-order chi connectivity index (χ1) is 7.18. The third-order valence-electron chi connectivity index (χ3n) is 2.05. The van der Waals surface area contributed by atoms with Crippen LogP contribution in [0.5, 0.6) is 11.5 Å².